The molecule has 3 nitrogen and oxygen atoms in total. The van der Waals surface area contributed by atoms with Crippen molar-refractivity contribution in [3.8, 4) is 0 Å². The van der Waals surface area contributed by atoms with Gasteiger partial charge in [0.05, 0.1) is 15.7 Å². The van der Waals surface area contributed by atoms with Gasteiger partial charge in [0.2, 0.25) is 6.43 Å². The lowest BCUT2D eigenvalue weighted by Gasteiger charge is -2.35. The van der Waals surface area contributed by atoms with E-state index in [1.54, 1.807) is 0 Å². The van der Waals surface area contributed by atoms with Crippen molar-refractivity contribution < 1.29 is 17.4 Å². The first-order chi connectivity index (χ1) is 9.80. The van der Waals surface area contributed by atoms with Crippen LogP contribution in [0.25, 0.3) is 0 Å². The maximum atomic E-state index is 13.5. The van der Waals surface area contributed by atoms with E-state index in [-0.39, 0.29) is 6.10 Å². The van der Waals surface area contributed by atoms with E-state index in [4.69, 9.17) is 4.43 Å². The highest BCUT2D eigenvalue weighted by molar-refractivity contribution is 7.84. The number of alkyl halides is 2. The summed E-state index contributed by atoms with van der Waals surface area (Å²) in [7, 11) is -3.46. The second kappa shape index (κ2) is 6.95. The van der Waals surface area contributed by atoms with E-state index < -0.39 is 41.9 Å². The number of hydrogen-bond acceptors (Lipinski definition) is 2. The van der Waals surface area contributed by atoms with Crippen LogP contribution in [0.3, 0.4) is 0 Å². The summed E-state index contributed by atoms with van der Waals surface area (Å²) < 4.78 is 48.0. The predicted molar refractivity (Wildman–Crippen MR) is 91.0 cm³/mol. The highest BCUT2D eigenvalue weighted by atomic mass is 32.2. The predicted octanol–water partition coefficient (Wildman–Crippen LogP) is 4.08. The molecule has 1 N–H and O–H groups in total. The van der Waals surface area contributed by atoms with Gasteiger partial charge in [-0.3, -0.25) is 0 Å². The molecule has 22 heavy (non-hydrogen) atoms. The smallest absolute Gasteiger partial charge is 0.245 e. The molecule has 132 valence electrons. The van der Waals surface area contributed by atoms with Gasteiger partial charge in [-0.05, 0) is 66.6 Å². The molecule has 0 saturated heterocycles. The van der Waals surface area contributed by atoms with E-state index in [1.807, 2.05) is 47.7 Å². The Balaban J connectivity index is 2.91. The summed E-state index contributed by atoms with van der Waals surface area (Å²) in [6.07, 6.45) is -1.31. The molecule has 0 radical (unpaired) electrons. The van der Waals surface area contributed by atoms with Crippen LogP contribution in [-0.4, -0.2) is 35.8 Å². The molecule has 0 aromatic carbocycles. The molecule has 2 unspecified atom stereocenters. The SMILES string of the molecule is CC(C)O[Si](C)(C)CC(NS(=O)C(C)(C)C)C1(C(F)F)CC1. The molecule has 0 bridgehead atoms. The third-order valence-electron chi connectivity index (χ3n) is 4.01. The van der Waals surface area contributed by atoms with Gasteiger partial charge in [-0.15, -0.1) is 0 Å². The molecule has 2 atom stereocenters. The minimum absolute atomic E-state index is 0.0807. The quantitative estimate of drug-likeness (QED) is 0.666. The third kappa shape index (κ3) is 5.35. The summed E-state index contributed by atoms with van der Waals surface area (Å²) in [5.41, 5.74) is -1.02. The number of hydrogen-bond donors (Lipinski definition) is 1. The normalized spacial score (nSPS) is 21.2. The Morgan fingerprint density at radius 2 is 1.77 bits per heavy atom. The molecule has 1 saturated carbocycles. The Bertz CT molecular complexity index is 407. The van der Waals surface area contributed by atoms with Gasteiger partial charge in [-0.1, -0.05) is 0 Å². The van der Waals surface area contributed by atoms with E-state index in [1.165, 1.54) is 0 Å². The summed E-state index contributed by atoms with van der Waals surface area (Å²) in [6, 6.07) is 0.102. The molecular weight excluding hydrogens is 324 g/mol. The molecule has 7 heteroatoms. The van der Waals surface area contributed by atoms with E-state index >= 15 is 0 Å². The minimum Gasteiger partial charge on any atom is -0.415 e. The van der Waals surface area contributed by atoms with Crippen LogP contribution in [0, 0.1) is 5.41 Å². The molecule has 1 aliphatic carbocycles. The zero-order valence-corrected chi connectivity index (χ0v) is 16.7. The lowest BCUT2D eigenvalue weighted by molar-refractivity contribution is 0.0451. The Hall–Kier alpha value is 0.147. The highest BCUT2D eigenvalue weighted by Gasteiger charge is 2.58. The van der Waals surface area contributed by atoms with Crippen LogP contribution in [0.5, 0.6) is 0 Å². The summed E-state index contributed by atoms with van der Waals surface area (Å²) >= 11 is 0. The summed E-state index contributed by atoms with van der Waals surface area (Å²) in [4.78, 5) is 0. The van der Waals surface area contributed by atoms with Crippen molar-refractivity contribution in [1.82, 2.24) is 4.72 Å². The second-order valence-electron chi connectivity index (χ2n) is 8.22. The van der Waals surface area contributed by atoms with Crippen LogP contribution >= 0.6 is 0 Å². The van der Waals surface area contributed by atoms with Crippen LogP contribution in [-0.2, 0) is 15.4 Å². The van der Waals surface area contributed by atoms with Crippen molar-refractivity contribution in [2.24, 2.45) is 5.41 Å². The molecule has 0 amide bonds. The number of halogens is 2. The fourth-order valence-electron chi connectivity index (χ4n) is 2.71. The Labute approximate surface area is 137 Å². The maximum absolute atomic E-state index is 13.5. The lowest BCUT2D eigenvalue weighted by atomic mass is 9.99. The van der Waals surface area contributed by atoms with Crippen LogP contribution in [0.15, 0.2) is 0 Å². The average Bonchev–Trinajstić information content (AvgIpc) is 3.04. The number of nitrogens with one attached hydrogen (secondary N) is 1. The van der Waals surface area contributed by atoms with Gasteiger partial charge in [-0.25, -0.2) is 17.7 Å². The molecule has 0 aliphatic heterocycles. The highest BCUT2D eigenvalue weighted by Crippen LogP contribution is 2.55. The van der Waals surface area contributed by atoms with Gasteiger partial charge in [-0.2, -0.15) is 0 Å². The number of rotatable bonds is 8. The molecular formula is C15H31F2NO2SSi. The van der Waals surface area contributed by atoms with Crippen molar-refractivity contribution in [3.63, 3.8) is 0 Å². The second-order valence-corrected chi connectivity index (χ2v) is 14.4. The van der Waals surface area contributed by atoms with E-state index in [2.05, 4.69) is 4.72 Å². The monoisotopic (exact) mass is 355 g/mol. The fourth-order valence-corrected chi connectivity index (χ4v) is 6.65. The van der Waals surface area contributed by atoms with Crippen molar-refractivity contribution in [2.45, 2.75) is 89.9 Å². The summed E-state index contributed by atoms with van der Waals surface area (Å²) in [5, 5.41) is 0. The topological polar surface area (TPSA) is 38.3 Å². The van der Waals surface area contributed by atoms with E-state index in [9.17, 15) is 13.0 Å². The van der Waals surface area contributed by atoms with Gasteiger partial charge in [0, 0.05) is 17.6 Å². The van der Waals surface area contributed by atoms with E-state index in [0.717, 1.165) is 0 Å². The summed E-state index contributed by atoms with van der Waals surface area (Å²) in [6.45, 7) is 13.6. The molecule has 0 aromatic rings. The molecule has 0 aromatic heterocycles. The van der Waals surface area contributed by atoms with Crippen molar-refractivity contribution in [1.29, 1.82) is 0 Å². The lowest BCUT2D eigenvalue weighted by Crippen LogP contribution is -2.51. The minimum atomic E-state index is -2.38. The summed E-state index contributed by atoms with van der Waals surface area (Å²) in [5.74, 6) is 0. The van der Waals surface area contributed by atoms with Gasteiger partial charge < -0.3 is 4.43 Å². The maximum Gasteiger partial charge on any atom is 0.245 e. The molecule has 1 fully saturated rings. The van der Waals surface area contributed by atoms with E-state index in [0.29, 0.717) is 18.9 Å². The third-order valence-corrected chi connectivity index (χ3v) is 8.12. The van der Waals surface area contributed by atoms with Crippen LogP contribution in [0.4, 0.5) is 8.78 Å². The van der Waals surface area contributed by atoms with Crippen molar-refractivity contribution in [3.05, 3.63) is 0 Å². The van der Waals surface area contributed by atoms with Crippen LogP contribution in [0.1, 0.15) is 47.5 Å². The van der Waals surface area contributed by atoms with Crippen molar-refractivity contribution in [2.75, 3.05) is 0 Å². The molecule has 0 heterocycles. The van der Waals surface area contributed by atoms with Crippen LogP contribution in [0.2, 0.25) is 19.1 Å². The first-order valence-corrected chi connectivity index (χ1v) is 12.2. The van der Waals surface area contributed by atoms with Gasteiger partial charge in [0.25, 0.3) is 0 Å². The zero-order valence-electron chi connectivity index (χ0n) is 14.8. The standard InChI is InChI=1S/C15H31F2NO2SSi/c1-11(2)20-22(6,7)10-12(15(8-9-15)13(16)17)18-21(19)14(3,4)5/h11-13,18H,8-10H2,1-7H3. The molecule has 1 rings (SSSR count). The van der Waals surface area contributed by atoms with Gasteiger partial charge >= 0.3 is 0 Å². The largest absolute Gasteiger partial charge is 0.415 e. The first-order valence-electron chi connectivity index (χ1n) is 7.94. The fraction of sp³-hybridized carbons (Fsp3) is 1.00. The Morgan fingerprint density at radius 1 is 1.27 bits per heavy atom. The van der Waals surface area contributed by atoms with Gasteiger partial charge in [0.15, 0.2) is 8.32 Å². The molecule has 0 spiro atoms. The van der Waals surface area contributed by atoms with Crippen molar-refractivity contribution >= 4 is 19.3 Å². The Kier molecular flexibility index (Phi) is 6.38. The zero-order chi connectivity index (χ0) is 17.3. The average molecular weight is 356 g/mol. The Morgan fingerprint density at radius 3 is 2.09 bits per heavy atom. The molecule has 1 aliphatic rings. The van der Waals surface area contributed by atoms with Crippen LogP contribution < -0.4 is 4.72 Å². The first kappa shape index (κ1) is 20.2. The van der Waals surface area contributed by atoms with Gasteiger partial charge in [0.1, 0.15) is 0 Å².